The topological polar surface area (TPSA) is 77.2 Å². The van der Waals surface area contributed by atoms with Gasteiger partial charge in [0.15, 0.2) is 5.82 Å². The van der Waals surface area contributed by atoms with E-state index in [-0.39, 0.29) is 6.04 Å². The second kappa shape index (κ2) is 6.48. The lowest BCUT2D eigenvalue weighted by molar-refractivity contribution is 0.521. The van der Waals surface area contributed by atoms with Gasteiger partial charge in [-0.2, -0.15) is 4.68 Å². The lowest BCUT2D eigenvalue weighted by atomic mass is 10.2. The Balaban J connectivity index is 1.59. The molecule has 5 aromatic rings. The number of aromatic amines is 1. The number of H-pyrrole nitrogens is 1. The molecule has 0 amide bonds. The Morgan fingerprint density at radius 3 is 2.85 bits per heavy atom. The van der Waals surface area contributed by atoms with Gasteiger partial charge in [-0.3, -0.25) is 0 Å². The lowest BCUT2D eigenvalue weighted by Gasteiger charge is -2.12. The molecule has 7 nitrogen and oxygen atoms in total. The summed E-state index contributed by atoms with van der Waals surface area (Å²) >= 11 is 1.63. The fourth-order valence-electron chi connectivity index (χ4n) is 3.10. The number of benzene rings is 1. The molecule has 5 rings (SSSR count). The number of hydrogen-bond donors (Lipinski definition) is 1. The Labute approximate surface area is 159 Å². The minimum Gasteiger partial charge on any atom is -0.334 e. The minimum absolute atomic E-state index is 0.205. The quantitative estimate of drug-likeness (QED) is 0.506. The Morgan fingerprint density at radius 2 is 2.07 bits per heavy atom. The van der Waals surface area contributed by atoms with Crippen molar-refractivity contribution in [1.29, 1.82) is 0 Å². The van der Waals surface area contributed by atoms with Crippen molar-refractivity contribution in [3.8, 4) is 16.6 Å². The number of rotatable bonds is 5. The first kappa shape index (κ1) is 16.0. The van der Waals surface area contributed by atoms with E-state index in [0.717, 1.165) is 27.6 Å². The van der Waals surface area contributed by atoms with Crippen molar-refractivity contribution in [3.05, 3.63) is 66.3 Å². The lowest BCUT2D eigenvalue weighted by Crippen LogP contribution is -2.12. The number of nitrogens with zero attached hydrogens (tertiary/aromatic N) is 6. The van der Waals surface area contributed by atoms with Crippen molar-refractivity contribution in [2.24, 2.45) is 0 Å². The molecule has 1 unspecified atom stereocenters. The van der Waals surface area contributed by atoms with E-state index < -0.39 is 0 Å². The summed E-state index contributed by atoms with van der Waals surface area (Å²) in [5, 5.41) is 6.78. The van der Waals surface area contributed by atoms with E-state index in [4.69, 9.17) is 15.1 Å². The number of para-hydroxylation sites is 2. The number of thiophene rings is 1. The Bertz CT molecular complexity index is 1140. The van der Waals surface area contributed by atoms with E-state index in [1.165, 1.54) is 0 Å². The van der Waals surface area contributed by atoms with Gasteiger partial charge in [0, 0.05) is 24.9 Å². The van der Waals surface area contributed by atoms with Crippen LogP contribution < -0.4 is 0 Å². The molecule has 4 heterocycles. The second-order valence-corrected chi connectivity index (χ2v) is 7.33. The summed E-state index contributed by atoms with van der Waals surface area (Å²) in [7, 11) is 0. The first-order valence-corrected chi connectivity index (χ1v) is 9.58. The number of imidazole rings is 2. The van der Waals surface area contributed by atoms with Gasteiger partial charge >= 0.3 is 0 Å². The summed E-state index contributed by atoms with van der Waals surface area (Å²) in [6.45, 7) is 2.14. The number of hydrogen-bond acceptors (Lipinski definition) is 5. The van der Waals surface area contributed by atoms with E-state index in [1.54, 1.807) is 17.5 Å². The summed E-state index contributed by atoms with van der Waals surface area (Å²) in [6, 6.07) is 12.2. The predicted octanol–water partition coefficient (Wildman–Crippen LogP) is 3.87. The maximum absolute atomic E-state index is 4.82. The van der Waals surface area contributed by atoms with Crippen LogP contribution in [0.1, 0.15) is 18.8 Å². The van der Waals surface area contributed by atoms with Gasteiger partial charge in [0.05, 0.1) is 22.2 Å². The molecule has 0 radical (unpaired) electrons. The van der Waals surface area contributed by atoms with Gasteiger partial charge in [-0.15, -0.1) is 16.4 Å². The molecule has 0 bridgehead atoms. The summed E-state index contributed by atoms with van der Waals surface area (Å²) in [6.07, 6.45) is 6.29. The highest BCUT2D eigenvalue weighted by Gasteiger charge is 2.19. The van der Waals surface area contributed by atoms with Gasteiger partial charge in [-0.1, -0.05) is 18.2 Å². The van der Waals surface area contributed by atoms with Crippen molar-refractivity contribution in [1.82, 2.24) is 34.3 Å². The maximum atomic E-state index is 4.82. The van der Waals surface area contributed by atoms with Crippen LogP contribution in [0.4, 0.5) is 0 Å². The molecule has 1 N–H and O–H groups in total. The fourth-order valence-corrected chi connectivity index (χ4v) is 3.75. The maximum Gasteiger partial charge on any atom is 0.230 e. The molecule has 0 saturated heterocycles. The third-order valence-corrected chi connectivity index (χ3v) is 5.37. The van der Waals surface area contributed by atoms with Gasteiger partial charge in [0.25, 0.3) is 0 Å². The fraction of sp³-hybridized carbons (Fsp3) is 0.158. The average molecular weight is 375 g/mol. The molecule has 8 heteroatoms. The highest BCUT2D eigenvalue weighted by atomic mass is 32.1. The first-order valence-electron chi connectivity index (χ1n) is 8.70. The zero-order valence-electron chi connectivity index (χ0n) is 14.6. The first-order chi connectivity index (χ1) is 13.3. The highest BCUT2D eigenvalue weighted by molar-refractivity contribution is 7.13. The Hall–Kier alpha value is -3.26. The van der Waals surface area contributed by atoms with E-state index in [2.05, 4.69) is 21.5 Å². The zero-order chi connectivity index (χ0) is 18.2. The predicted molar refractivity (Wildman–Crippen MR) is 105 cm³/mol. The molecule has 1 atom stereocenters. The van der Waals surface area contributed by atoms with Gasteiger partial charge < -0.3 is 9.55 Å². The molecule has 0 aliphatic carbocycles. The summed E-state index contributed by atoms with van der Waals surface area (Å²) in [5.41, 5.74) is 1.89. The molecule has 0 saturated carbocycles. The van der Waals surface area contributed by atoms with Gasteiger partial charge in [0.1, 0.15) is 5.82 Å². The molecule has 4 aromatic heterocycles. The van der Waals surface area contributed by atoms with Crippen molar-refractivity contribution in [2.45, 2.75) is 19.4 Å². The molecule has 27 heavy (non-hydrogen) atoms. The molecule has 0 spiro atoms. The van der Waals surface area contributed by atoms with Gasteiger partial charge in [0.2, 0.25) is 5.95 Å². The Kier molecular flexibility index (Phi) is 3.83. The molecular weight excluding hydrogens is 358 g/mol. The van der Waals surface area contributed by atoms with Crippen LogP contribution in [0.25, 0.3) is 27.7 Å². The van der Waals surface area contributed by atoms with Crippen molar-refractivity contribution < 1.29 is 0 Å². The smallest absolute Gasteiger partial charge is 0.230 e. The number of nitrogens with one attached hydrogen (secondary N) is 1. The SMILES string of the molecule is CC(Cc1nc(-c2cccs2)nn1-c1nc2ccccc2[nH]1)n1ccnc1. The van der Waals surface area contributed by atoms with E-state index in [9.17, 15) is 0 Å². The normalized spacial score (nSPS) is 12.6. The molecular formula is C19H17N7S. The standard InChI is InChI=1S/C19H17N7S/c1-13(25-9-8-20-12-25)11-17-23-18(16-7-4-10-27-16)24-26(17)19-21-14-5-2-3-6-15(14)22-19/h2-10,12-13H,11H2,1H3,(H,21,22). The van der Waals surface area contributed by atoms with Crippen LogP contribution in [-0.4, -0.2) is 34.3 Å². The molecule has 134 valence electrons. The van der Waals surface area contributed by atoms with Crippen LogP contribution in [0.15, 0.2) is 60.5 Å². The average Bonchev–Trinajstić information content (AvgIpc) is 3.47. The van der Waals surface area contributed by atoms with Crippen LogP contribution >= 0.6 is 11.3 Å². The molecule has 0 fully saturated rings. The van der Waals surface area contributed by atoms with Crippen molar-refractivity contribution >= 4 is 22.4 Å². The third-order valence-electron chi connectivity index (χ3n) is 4.51. The number of aromatic nitrogens is 7. The number of fused-ring (bicyclic) bond motifs is 1. The van der Waals surface area contributed by atoms with Crippen molar-refractivity contribution in [2.75, 3.05) is 0 Å². The van der Waals surface area contributed by atoms with E-state index >= 15 is 0 Å². The van der Waals surface area contributed by atoms with Crippen LogP contribution in [0.3, 0.4) is 0 Å². The molecule has 0 aliphatic heterocycles. The van der Waals surface area contributed by atoms with Crippen molar-refractivity contribution in [3.63, 3.8) is 0 Å². The van der Waals surface area contributed by atoms with Crippen LogP contribution in [0, 0.1) is 0 Å². The minimum atomic E-state index is 0.205. The summed E-state index contributed by atoms with van der Waals surface area (Å²) in [4.78, 5) is 18.1. The van der Waals surface area contributed by atoms with Gasteiger partial charge in [-0.25, -0.2) is 15.0 Å². The third kappa shape index (κ3) is 2.93. The van der Waals surface area contributed by atoms with Gasteiger partial charge in [-0.05, 0) is 30.5 Å². The largest absolute Gasteiger partial charge is 0.334 e. The molecule has 1 aromatic carbocycles. The van der Waals surface area contributed by atoms with Crippen LogP contribution in [-0.2, 0) is 6.42 Å². The van der Waals surface area contributed by atoms with E-state index in [0.29, 0.717) is 12.4 Å². The monoisotopic (exact) mass is 375 g/mol. The second-order valence-electron chi connectivity index (χ2n) is 6.38. The van der Waals surface area contributed by atoms with E-state index in [1.807, 2.05) is 59.0 Å². The highest BCUT2D eigenvalue weighted by Crippen LogP contribution is 2.24. The molecule has 0 aliphatic rings. The summed E-state index contributed by atoms with van der Waals surface area (Å²) in [5.74, 6) is 2.26. The summed E-state index contributed by atoms with van der Waals surface area (Å²) < 4.78 is 3.89. The van der Waals surface area contributed by atoms with Crippen LogP contribution in [0.2, 0.25) is 0 Å². The Morgan fingerprint density at radius 1 is 1.15 bits per heavy atom. The zero-order valence-corrected chi connectivity index (χ0v) is 15.5. The van der Waals surface area contributed by atoms with Crippen LogP contribution in [0.5, 0.6) is 0 Å².